The van der Waals surface area contributed by atoms with Crippen LogP contribution in [0.25, 0.3) is 0 Å². The summed E-state index contributed by atoms with van der Waals surface area (Å²) in [5.74, 6) is 0. The van der Waals surface area contributed by atoms with Gasteiger partial charge in [0.25, 0.3) is 0 Å². The molecule has 2 heterocycles. The normalized spacial score (nSPS) is 17.4. The van der Waals surface area contributed by atoms with Crippen LogP contribution in [0.2, 0.25) is 0 Å². The van der Waals surface area contributed by atoms with Crippen LogP contribution in [-0.2, 0) is 22.9 Å². The van der Waals surface area contributed by atoms with Gasteiger partial charge in [0.2, 0.25) is 10.0 Å². The molecule has 0 fully saturated rings. The molecule has 0 saturated heterocycles. The molecule has 0 radical (unpaired) electrons. The van der Waals surface area contributed by atoms with Crippen molar-refractivity contribution in [2.75, 3.05) is 37.6 Å². The fourth-order valence-electron chi connectivity index (χ4n) is 5.24. The van der Waals surface area contributed by atoms with E-state index in [1.165, 1.54) is 0 Å². The molecule has 1 atom stereocenters. The topological polar surface area (TPSA) is 88.5 Å². The molecule has 0 aromatic heterocycles. The Balaban J connectivity index is 1.51. The van der Waals surface area contributed by atoms with E-state index in [4.69, 9.17) is 0 Å². The standard InChI is InChI=1S/C30H33N5O2S/c31-20-25-12-13-30-26(18-25)19-28(23-34(30)22-27-21-32-15-7-16-33-27)35(17-14-24-8-3-1-4-9-24)38(36,37)29-10-5-2-6-11-29/h1-6,8-13,18,21,28,32-33H,7,14-17,19,22-23H2. The number of sulfonamides is 1. The number of hydrogen-bond acceptors (Lipinski definition) is 6. The van der Waals surface area contributed by atoms with Crippen molar-refractivity contribution in [2.45, 2.75) is 30.2 Å². The second-order valence-corrected chi connectivity index (χ2v) is 11.7. The highest BCUT2D eigenvalue weighted by Crippen LogP contribution is 2.32. The first-order valence-corrected chi connectivity index (χ1v) is 14.5. The molecule has 5 rings (SSSR count). The lowest BCUT2D eigenvalue weighted by Gasteiger charge is -2.41. The molecule has 2 aliphatic heterocycles. The van der Waals surface area contributed by atoms with Crippen molar-refractivity contribution >= 4 is 15.7 Å². The van der Waals surface area contributed by atoms with Gasteiger partial charge in [0.05, 0.1) is 23.1 Å². The lowest BCUT2D eigenvalue weighted by atomic mass is 9.95. The lowest BCUT2D eigenvalue weighted by molar-refractivity contribution is 0.313. The number of fused-ring (bicyclic) bond motifs is 1. The lowest BCUT2D eigenvalue weighted by Crippen LogP contribution is -2.52. The predicted octanol–water partition coefficient (Wildman–Crippen LogP) is 3.65. The molecule has 38 heavy (non-hydrogen) atoms. The number of benzene rings is 3. The van der Waals surface area contributed by atoms with E-state index >= 15 is 0 Å². The summed E-state index contributed by atoms with van der Waals surface area (Å²) in [6, 6.07) is 26.4. The van der Waals surface area contributed by atoms with Gasteiger partial charge in [0, 0.05) is 49.8 Å². The number of nitriles is 1. The Morgan fingerprint density at radius 2 is 1.76 bits per heavy atom. The Bertz CT molecular complexity index is 1420. The average molecular weight is 528 g/mol. The van der Waals surface area contributed by atoms with Gasteiger partial charge < -0.3 is 15.5 Å². The van der Waals surface area contributed by atoms with Crippen LogP contribution < -0.4 is 15.5 Å². The summed E-state index contributed by atoms with van der Waals surface area (Å²) in [6.07, 6.45) is 4.22. The second kappa shape index (κ2) is 11.7. The first kappa shape index (κ1) is 25.8. The molecular weight excluding hydrogens is 494 g/mol. The molecule has 0 saturated carbocycles. The molecule has 196 valence electrons. The molecule has 8 heteroatoms. The molecule has 1 unspecified atom stereocenters. The maximum atomic E-state index is 14.1. The van der Waals surface area contributed by atoms with Crippen molar-refractivity contribution in [3.05, 3.63) is 107 Å². The Hall–Kier alpha value is -3.80. The summed E-state index contributed by atoms with van der Waals surface area (Å²) in [5.41, 5.74) is 4.79. The van der Waals surface area contributed by atoms with Gasteiger partial charge in [0.1, 0.15) is 0 Å². The minimum atomic E-state index is -3.75. The first-order chi connectivity index (χ1) is 18.5. The van der Waals surface area contributed by atoms with Crippen molar-refractivity contribution in [3.63, 3.8) is 0 Å². The maximum absolute atomic E-state index is 14.1. The minimum Gasteiger partial charge on any atom is -0.389 e. The van der Waals surface area contributed by atoms with Crippen LogP contribution in [0.15, 0.2) is 95.7 Å². The van der Waals surface area contributed by atoms with E-state index in [9.17, 15) is 13.7 Å². The van der Waals surface area contributed by atoms with Crippen LogP contribution in [0.3, 0.4) is 0 Å². The van der Waals surface area contributed by atoms with Gasteiger partial charge >= 0.3 is 0 Å². The van der Waals surface area contributed by atoms with E-state index in [1.807, 2.05) is 60.8 Å². The summed E-state index contributed by atoms with van der Waals surface area (Å²) in [6.45, 7) is 3.36. The van der Waals surface area contributed by atoms with Crippen molar-refractivity contribution < 1.29 is 8.42 Å². The number of nitrogens with zero attached hydrogens (tertiary/aromatic N) is 3. The molecule has 0 aliphatic carbocycles. The molecule has 2 N–H and O–H groups in total. The van der Waals surface area contributed by atoms with Crippen LogP contribution in [0.1, 0.15) is 23.1 Å². The van der Waals surface area contributed by atoms with E-state index in [0.717, 1.165) is 42.0 Å². The Morgan fingerprint density at radius 1 is 1.00 bits per heavy atom. The van der Waals surface area contributed by atoms with Crippen LogP contribution in [0.5, 0.6) is 0 Å². The molecule has 0 spiro atoms. The van der Waals surface area contributed by atoms with Gasteiger partial charge in [-0.25, -0.2) is 8.42 Å². The summed E-state index contributed by atoms with van der Waals surface area (Å²) < 4.78 is 29.8. The maximum Gasteiger partial charge on any atom is 0.243 e. The predicted molar refractivity (Wildman–Crippen MR) is 150 cm³/mol. The quantitative estimate of drug-likeness (QED) is 0.465. The van der Waals surface area contributed by atoms with Gasteiger partial charge in [0.15, 0.2) is 0 Å². The van der Waals surface area contributed by atoms with Crippen LogP contribution >= 0.6 is 0 Å². The molecule has 3 aromatic rings. The van der Waals surface area contributed by atoms with Crippen molar-refractivity contribution in [3.8, 4) is 6.07 Å². The fourth-order valence-corrected chi connectivity index (χ4v) is 6.88. The molecular formula is C30H33N5O2S. The summed E-state index contributed by atoms with van der Waals surface area (Å²) in [4.78, 5) is 2.54. The second-order valence-electron chi connectivity index (χ2n) is 9.76. The van der Waals surface area contributed by atoms with Crippen LogP contribution in [0, 0.1) is 11.3 Å². The third kappa shape index (κ3) is 5.85. The minimum absolute atomic E-state index is 0.287. The zero-order valence-corrected chi connectivity index (χ0v) is 22.2. The van der Waals surface area contributed by atoms with E-state index in [1.54, 1.807) is 28.6 Å². The highest BCUT2D eigenvalue weighted by Gasteiger charge is 2.36. The van der Waals surface area contributed by atoms with Gasteiger partial charge in [-0.1, -0.05) is 48.5 Å². The molecule has 7 nitrogen and oxygen atoms in total. The third-order valence-electron chi connectivity index (χ3n) is 7.14. The summed E-state index contributed by atoms with van der Waals surface area (Å²) in [5, 5.41) is 16.4. The van der Waals surface area contributed by atoms with Crippen LogP contribution in [0.4, 0.5) is 5.69 Å². The van der Waals surface area contributed by atoms with Gasteiger partial charge in [-0.15, -0.1) is 0 Å². The van der Waals surface area contributed by atoms with E-state index < -0.39 is 10.0 Å². The third-order valence-corrected chi connectivity index (χ3v) is 9.11. The Morgan fingerprint density at radius 3 is 2.53 bits per heavy atom. The molecule has 3 aromatic carbocycles. The highest BCUT2D eigenvalue weighted by molar-refractivity contribution is 7.89. The summed E-state index contributed by atoms with van der Waals surface area (Å²) >= 11 is 0. The van der Waals surface area contributed by atoms with Crippen molar-refractivity contribution in [1.29, 1.82) is 5.26 Å². The molecule has 2 aliphatic rings. The molecule has 0 amide bonds. The van der Waals surface area contributed by atoms with Gasteiger partial charge in [-0.3, -0.25) is 0 Å². The van der Waals surface area contributed by atoms with Gasteiger partial charge in [-0.2, -0.15) is 9.57 Å². The summed E-state index contributed by atoms with van der Waals surface area (Å²) in [7, 11) is -3.75. The first-order valence-electron chi connectivity index (χ1n) is 13.1. The van der Waals surface area contributed by atoms with E-state index in [-0.39, 0.29) is 6.04 Å². The van der Waals surface area contributed by atoms with Crippen molar-refractivity contribution in [2.24, 2.45) is 0 Å². The highest BCUT2D eigenvalue weighted by atomic mass is 32.2. The zero-order valence-electron chi connectivity index (χ0n) is 21.4. The number of nitrogens with one attached hydrogen (secondary N) is 2. The van der Waals surface area contributed by atoms with E-state index in [2.05, 4.69) is 21.6 Å². The number of rotatable bonds is 8. The monoisotopic (exact) mass is 527 g/mol. The van der Waals surface area contributed by atoms with E-state index in [0.29, 0.717) is 42.9 Å². The smallest absolute Gasteiger partial charge is 0.243 e. The molecule has 0 bridgehead atoms. The van der Waals surface area contributed by atoms with Crippen molar-refractivity contribution in [1.82, 2.24) is 14.9 Å². The average Bonchev–Trinajstić information content (AvgIpc) is 3.22. The van der Waals surface area contributed by atoms with Gasteiger partial charge in [-0.05, 0) is 60.7 Å². The fraction of sp³-hybridized carbons (Fsp3) is 0.300. The zero-order chi connectivity index (χ0) is 26.4. The Labute approximate surface area is 225 Å². The van der Waals surface area contributed by atoms with Crippen LogP contribution in [-0.4, -0.2) is 51.5 Å². The largest absolute Gasteiger partial charge is 0.389 e. The Kier molecular flexibility index (Phi) is 7.97. The number of anilines is 1. The number of hydrogen-bond donors (Lipinski definition) is 2. The SMILES string of the molecule is N#Cc1ccc2c(c1)CC(N(CCc1ccccc1)S(=O)(=O)c1ccccc1)CN2CC1=CNCCCN1.